The van der Waals surface area contributed by atoms with Gasteiger partial charge in [-0.05, 0) is 13.3 Å². The highest BCUT2D eigenvalue weighted by Crippen LogP contribution is 1.96. The minimum absolute atomic E-state index is 0.137. The molecule has 0 saturated heterocycles. The van der Waals surface area contributed by atoms with Crippen LogP contribution >= 0.6 is 0 Å². The molecular weight excluding hydrogens is 88.1 g/mol. The van der Waals surface area contributed by atoms with E-state index in [2.05, 4.69) is 6.92 Å². The summed E-state index contributed by atoms with van der Waals surface area (Å²) in [6.45, 7) is 5.45. The van der Waals surface area contributed by atoms with E-state index < -0.39 is 0 Å². The summed E-state index contributed by atoms with van der Waals surface area (Å²) in [6.07, 6.45) is 2.73. The molecule has 1 heteroatoms. The molecule has 0 aliphatic rings. The standard InChI is InChI=1S/C6H13O/c1-3-4-5-6(2)7/h6-7H,1,3-5H2,2H3. The average molecular weight is 101 g/mol. The predicted octanol–water partition coefficient (Wildman–Crippen LogP) is 1.37. The van der Waals surface area contributed by atoms with Crippen LogP contribution in [-0.2, 0) is 0 Å². The fourth-order valence-corrected chi connectivity index (χ4v) is 0.440. The fraction of sp³-hybridized carbons (Fsp3) is 0.833. The van der Waals surface area contributed by atoms with Crippen LogP contribution in [0.3, 0.4) is 0 Å². The molecule has 1 unspecified atom stereocenters. The molecule has 0 heterocycles. The van der Waals surface area contributed by atoms with Crippen LogP contribution in [0.4, 0.5) is 0 Å². The van der Waals surface area contributed by atoms with Crippen molar-refractivity contribution >= 4 is 0 Å². The summed E-state index contributed by atoms with van der Waals surface area (Å²) in [5.74, 6) is 0. The van der Waals surface area contributed by atoms with Gasteiger partial charge in [-0.25, -0.2) is 0 Å². The van der Waals surface area contributed by atoms with E-state index in [1.54, 1.807) is 6.92 Å². The third-order valence-corrected chi connectivity index (χ3v) is 0.872. The Bertz CT molecular complexity index is 33.2. The van der Waals surface area contributed by atoms with Crippen LogP contribution in [0.1, 0.15) is 26.2 Å². The number of aliphatic hydroxyl groups is 1. The number of hydrogen-bond donors (Lipinski definition) is 1. The van der Waals surface area contributed by atoms with Gasteiger partial charge in [-0.3, -0.25) is 0 Å². The first-order valence-electron chi connectivity index (χ1n) is 2.74. The van der Waals surface area contributed by atoms with Gasteiger partial charge in [0.05, 0.1) is 6.10 Å². The van der Waals surface area contributed by atoms with Gasteiger partial charge in [0.25, 0.3) is 0 Å². The SMILES string of the molecule is [CH2]CCCC(C)O. The van der Waals surface area contributed by atoms with E-state index in [-0.39, 0.29) is 6.10 Å². The van der Waals surface area contributed by atoms with Crippen molar-refractivity contribution in [3.05, 3.63) is 6.92 Å². The van der Waals surface area contributed by atoms with E-state index >= 15 is 0 Å². The van der Waals surface area contributed by atoms with Crippen molar-refractivity contribution in [1.82, 2.24) is 0 Å². The molecule has 0 aliphatic heterocycles. The molecule has 0 aromatic heterocycles. The van der Waals surface area contributed by atoms with Crippen LogP contribution in [0, 0.1) is 6.92 Å². The highest BCUT2D eigenvalue weighted by molar-refractivity contribution is 4.47. The van der Waals surface area contributed by atoms with Gasteiger partial charge in [0, 0.05) is 0 Å². The Morgan fingerprint density at radius 2 is 2.29 bits per heavy atom. The highest BCUT2D eigenvalue weighted by atomic mass is 16.3. The second kappa shape index (κ2) is 4.13. The van der Waals surface area contributed by atoms with Gasteiger partial charge in [-0.2, -0.15) is 0 Å². The highest BCUT2D eigenvalue weighted by Gasteiger charge is 1.90. The molecule has 0 saturated carbocycles. The fourth-order valence-electron chi connectivity index (χ4n) is 0.440. The zero-order valence-corrected chi connectivity index (χ0v) is 4.85. The number of aliphatic hydroxyl groups excluding tert-OH is 1. The molecule has 1 N–H and O–H groups in total. The third-order valence-electron chi connectivity index (χ3n) is 0.872. The molecule has 1 atom stereocenters. The Hall–Kier alpha value is -0.0400. The molecule has 7 heavy (non-hydrogen) atoms. The lowest BCUT2D eigenvalue weighted by Gasteiger charge is -1.98. The molecule has 0 bridgehead atoms. The minimum Gasteiger partial charge on any atom is -0.393 e. The number of rotatable bonds is 3. The first-order chi connectivity index (χ1) is 3.27. The summed E-state index contributed by atoms with van der Waals surface area (Å²) in [7, 11) is 0. The van der Waals surface area contributed by atoms with Gasteiger partial charge in [-0.1, -0.05) is 19.8 Å². The zero-order valence-electron chi connectivity index (χ0n) is 4.85. The van der Waals surface area contributed by atoms with E-state index in [9.17, 15) is 0 Å². The molecule has 0 fully saturated rings. The van der Waals surface area contributed by atoms with Crippen LogP contribution in [0.25, 0.3) is 0 Å². The van der Waals surface area contributed by atoms with Crippen LogP contribution in [0.5, 0.6) is 0 Å². The Kier molecular flexibility index (Phi) is 4.10. The number of hydrogen-bond acceptors (Lipinski definition) is 1. The van der Waals surface area contributed by atoms with Crippen molar-refractivity contribution in [1.29, 1.82) is 0 Å². The van der Waals surface area contributed by atoms with Crippen LogP contribution in [0.15, 0.2) is 0 Å². The average Bonchev–Trinajstić information content (AvgIpc) is 1.61. The summed E-state index contributed by atoms with van der Waals surface area (Å²) >= 11 is 0. The first kappa shape index (κ1) is 6.96. The second-order valence-corrected chi connectivity index (χ2v) is 1.84. The molecule has 0 aromatic carbocycles. The van der Waals surface area contributed by atoms with Gasteiger partial charge >= 0.3 is 0 Å². The molecule has 1 nitrogen and oxygen atoms in total. The maximum absolute atomic E-state index is 8.66. The summed E-state index contributed by atoms with van der Waals surface area (Å²) in [5.41, 5.74) is 0. The lowest BCUT2D eigenvalue weighted by atomic mass is 10.2. The van der Waals surface area contributed by atoms with Crippen molar-refractivity contribution < 1.29 is 5.11 Å². The molecule has 0 spiro atoms. The predicted molar refractivity (Wildman–Crippen MR) is 30.9 cm³/mol. The molecule has 0 rings (SSSR count). The van der Waals surface area contributed by atoms with Crippen molar-refractivity contribution in [2.24, 2.45) is 0 Å². The molecular formula is C6H13O. The Morgan fingerprint density at radius 3 is 2.43 bits per heavy atom. The molecule has 0 aromatic rings. The minimum atomic E-state index is -0.137. The van der Waals surface area contributed by atoms with E-state index in [4.69, 9.17) is 5.11 Å². The van der Waals surface area contributed by atoms with Crippen molar-refractivity contribution in [2.75, 3.05) is 0 Å². The van der Waals surface area contributed by atoms with Gasteiger partial charge in [-0.15, -0.1) is 0 Å². The lowest BCUT2D eigenvalue weighted by Crippen LogP contribution is -1.97. The van der Waals surface area contributed by atoms with Gasteiger partial charge in [0.2, 0.25) is 0 Å². The Morgan fingerprint density at radius 1 is 1.71 bits per heavy atom. The Balaban J connectivity index is 2.68. The van der Waals surface area contributed by atoms with E-state index in [1.165, 1.54) is 0 Å². The maximum atomic E-state index is 8.66. The lowest BCUT2D eigenvalue weighted by molar-refractivity contribution is 0.182. The third kappa shape index (κ3) is 5.96. The maximum Gasteiger partial charge on any atom is 0.0512 e. The first-order valence-corrected chi connectivity index (χ1v) is 2.74. The molecule has 43 valence electrons. The van der Waals surface area contributed by atoms with Crippen LogP contribution < -0.4 is 0 Å². The van der Waals surface area contributed by atoms with Gasteiger partial charge in [0.15, 0.2) is 0 Å². The van der Waals surface area contributed by atoms with Crippen molar-refractivity contribution in [3.63, 3.8) is 0 Å². The van der Waals surface area contributed by atoms with Crippen LogP contribution in [-0.4, -0.2) is 11.2 Å². The summed E-state index contributed by atoms with van der Waals surface area (Å²) in [4.78, 5) is 0. The van der Waals surface area contributed by atoms with Gasteiger partial charge < -0.3 is 5.11 Å². The topological polar surface area (TPSA) is 20.2 Å². The van der Waals surface area contributed by atoms with E-state index in [0.717, 1.165) is 19.3 Å². The summed E-state index contributed by atoms with van der Waals surface area (Å²) in [6, 6.07) is 0. The summed E-state index contributed by atoms with van der Waals surface area (Å²) < 4.78 is 0. The molecule has 1 radical (unpaired) electrons. The monoisotopic (exact) mass is 101 g/mol. The zero-order chi connectivity index (χ0) is 5.70. The quantitative estimate of drug-likeness (QED) is 0.569. The van der Waals surface area contributed by atoms with Crippen molar-refractivity contribution in [3.8, 4) is 0 Å². The smallest absolute Gasteiger partial charge is 0.0512 e. The normalized spacial score (nSPS) is 14.1. The van der Waals surface area contributed by atoms with Crippen molar-refractivity contribution in [2.45, 2.75) is 32.3 Å². The van der Waals surface area contributed by atoms with E-state index in [1.807, 2.05) is 0 Å². The Labute approximate surface area is 45.4 Å². The number of unbranched alkanes of at least 4 members (excludes halogenated alkanes) is 1. The second-order valence-electron chi connectivity index (χ2n) is 1.84. The van der Waals surface area contributed by atoms with Gasteiger partial charge in [0.1, 0.15) is 0 Å². The summed E-state index contributed by atoms with van der Waals surface area (Å²) in [5, 5.41) is 8.66. The van der Waals surface area contributed by atoms with Crippen LogP contribution in [0.2, 0.25) is 0 Å². The molecule has 0 aliphatic carbocycles. The van der Waals surface area contributed by atoms with E-state index in [0.29, 0.717) is 0 Å². The largest absolute Gasteiger partial charge is 0.393 e. The molecule has 0 amide bonds.